The third-order valence-electron chi connectivity index (χ3n) is 3.63. The second-order valence-electron chi connectivity index (χ2n) is 4.85. The molecular formula is C17H13BrN2O2. The second kappa shape index (κ2) is 5.74. The Morgan fingerprint density at radius 1 is 1.23 bits per heavy atom. The highest BCUT2D eigenvalue weighted by atomic mass is 79.9. The van der Waals surface area contributed by atoms with E-state index in [1.54, 1.807) is 7.11 Å². The molecule has 1 atom stereocenters. The molecule has 0 saturated heterocycles. The molecule has 0 spiro atoms. The fourth-order valence-corrected chi connectivity index (χ4v) is 3.04. The van der Waals surface area contributed by atoms with Crippen molar-refractivity contribution in [2.45, 2.75) is 5.92 Å². The zero-order valence-electron chi connectivity index (χ0n) is 11.8. The van der Waals surface area contributed by atoms with Gasteiger partial charge in [-0.1, -0.05) is 34.1 Å². The van der Waals surface area contributed by atoms with Crippen molar-refractivity contribution in [3.05, 3.63) is 69.5 Å². The molecular weight excluding hydrogens is 344 g/mol. The number of para-hydroxylation sites is 1. The third-order valence-corrected chi connectivity index (χ3v) is 4.12. The molecule has 4 nitrogen and oxygen atoms in total. The van der Waals surface area contributed by atoms with Gasteiger partial charge in [-0.15, -0.1) is 0 Å². The molecule has 5 heteroatoms. The van der Waals surface area contributed by atoms with Gasteiger partial charge in [0.15, 0.2) is 0 Å². The lowest BCUT2D eigenvalue weighted by atomic mass is 9.83. The van der Waals surface area contributed by atoms with E-state index in [-0.39, 0.29) is 11.8 Å². The largest absolute Gasteiger partial charge is 0.496 e. The van der Waals surface area contributed by atoms with Crippen LogP contribution in [0.2, 0.25) is 0 Å². The number of hydrogen-bond donors (Lipinski definition) is 1. The molecule has 2 N–H and O–H groups in total. The van der Waals surface area contributed by atoms with E-state index in [9.17, 15) is 5.26 Å². The van der Waals surface area contributed by atoms with Crippen molar-refractivity contribution < 1.29 is 9.47 Å². The van der Waals surface area contributed by atoms with Gasteiger partial charge in [0.25, 0.3) is 0 Å². The summed E-state index contributed by atoms with van der Waals surface area (Å²) in [6.45, 7) is 0. The monoisotopic (exact) mass is 356 g/mol. The van der Waals surface area contributed by atoms with Crippen LogP contribution in [0.15, 0.2) is 58.4 Å². The number of nitriles is 1. The van der Waals surface area contributed by atoms with Crippen molar-refractivity contribution in [3.8, 4) is 17.6 Å². The minimum atomic E-state index is -0.317. The summed E-state index contributed by atoms with van der Waals surface area (Å²) in [5.41, 5.74) is 8.09. The van der Waals surface area contributed by atoms with Crippen LogP contribution in [0, 0.1) is 11.3 Å². The molecule has 2 aromatic carbocycles. The van der Waals surface area contributed by atoms with Gasteiger partial charge in [0.05, 0.1) is 13.0 Å². The smallest absolute Gasteiger partial charge is 0.205 e. The van der Waals surface area contributed by atoms with E-state index < -0.39 is 0 Å². The van der Waals surface area contributed by atoms with Gasteiger partial charge in [-0.2, -0.15) is 5.26 Å². The number of fused-ring (bicyclic) bond motifs is 1. The summed E-state index contributed by atoms with van der Waals surface area (Å²) >= 11 is 3.47. The van der Waals surface area contributed by atoms with E-state index in [1.807, 2.05) is 42.5 Å². The lowest BCUT2D eigenvalue weighted by Gasteiger charge is -2.27. The van der Waals surface area contributed by atoms with Crippen LogP contribution in [0.1, 0.15) is 17.0 Å². The molecule has 0 fully saturated rings. The van der Waals surface area contributed by atoms with Crippen LogP contribution >= 0.6 is 15.9 Å². The molecule has 0 aromatic heterocycles. The lowest BCUT2D eigenvalue weighted by molar-refractivity contribution is 0.387. The number of rotatable bonds is 2. The molecule has 0 unspecified atom stereocenters. The minimum Gasteiger partial charge on any atom is -0.496 e. The predicted octanol–water partition coefficient (Wildman–Crippen LogP) is 3.68. The molecule has 1 heterocycles. The molecule has 0 aliphatic carbocycles. The van der Waals surface area contributed by atoms with Gasteiger partial charge in [-0.25, -0.2) is 0 Å². The summed E-state index contributed by atoms with van der Waals surface area (Å²) < 4.78 is 11.9. The molecule has 1 aliphatic rings. The zero-order chi connectivity index (χ0) is 15.7. The fourth-order valence-electron chi connectivity index (χ4n) is 2.66. The van der Waals surface area contributed by atoms with Crippen molar-refractivity contribution in [3.63, 3.8) is 0 Å². The molecule has 3 rings (SSSR count). The highest BCUT2D eigenvalue weighted by Crippen LogP contribution is 2.45. The molecule has 0 bridgehead atoms. The normalized spacial score (nSPS) is 16.5. The van der Waals surface area contributed by atoms with Crippen molar-refractivity contribution >= 4 is 15.9 Å². The number of nitrogens with zero attached hydrogens (tertiary/aromatic N) is 1. The number of methoxy groups -OCH3 is 1. The number of hydrogen-bond acceptors (Lipinski definition) is 4. The van der Waals surface area contributed by atoms with E-state index in [2.05, 4.69) is 22.0 Å². The van der Waals surface area contributed by atoms with Gasteiger partial charge >= 0.3 is 0 Å². The molecule has 0 radical (unpaired) electrons. The third kappa shape index (κ3) is 2.32. The maximum absolute atomic E-state index is 9.53. The quantitative estimate of drug-likeness (QED) is 0.890. The number of halogens is 1. The summed E-state index contributed by atoms with van der Waals surface area (Å²) in [5.74, 6) is 1.17. The number of allylic oxidation sites excluding steroid dienone is 1. The first-order chi connectivity index (χ1) is 10.7. The standard InChI is InChI=1S/C17H13BrN2O2/c1-21-14-7-6-10(18)8-12(14)16-11-4-2-3-5-15(11)22-17(20)13(16)9-19/h2-8,16H,20H2,1H3/t16-/m1/s1. The number of benzene rings is 2. The van der Waals surface area contributed by atoms with Crippen LogP contribution in [0.25, 0.3) is 0 Å². The second-order valence-corrected chi connectivity index (χ2v) is 5.76. The predicted molar refractivity (Wildman–Crippen MR) is 86.4 cm³/mol. The molecule has 1 aliphatic heterocycles. The van der Waals surface area contributed by atoms with Gasteiger partial charge in [0.1, 0.15) is 23.1 Å². The van der Waals surface area contributed by atoms with E-state index in [0.717, 1.165) is 15.6 Å². The Morgan fingerprint density at radius 2 is 2.00 bits per heavy atom. The van der Waals surface area contributed by atoms with Gasteiger partial charge in [0.2, 0.25) is 5.88 Å². The van der Waals surface area contributed by atoms with Crippen molar-refractivity contribution in [2.24, 2.45) is 5.73 Å². The van der Waals surface area contributed by atoms with Crippen molar-refractivity contribution in [2.75, 3.05) is 7.11 Å². The summed E-state index contributed by atoms with van der Waals surface area (Å²) in [6, 6.07) is 15.4. The van der Waals surface area contributed by atoms with Gasteiger partial charge in [-0.3, -0.25) is 0 Å². The molecule has 0 saturated carbocycles. The first-order valence-electron chi connectivity index (χ1n) is 6.65. The lowest BCUT2D eigenvalue weighted by Crippen LogP contribution is -2.21. The molecule has 22 heavy (non-hydrogen) atoms. The first kappa shape index (κ1) is 14.5. The van der Waals surface area contributed by atoms with E-state index in [1.165, 1.54) is 0 Å². The molecule has 2 aromatic rings. The zero-order valence-corrected chi connectivity index (χ0v) is 13.4. The van der Waals surface area contributed by atoms with Crippen LogP contribution < -0.4 is 15.2 Å². The van der Waals surface area contributed by atoms with Crippen LogP contribution in [-0.4, -0.2) is 7.11 Å². The van der Waals surface area contributed by atoms with Gasteiger partial charge < -0.3 is 15.2 Å². The van der Waals surface area contributed by atoms with E-state index in [0.29, 0.717) is 17.1 Å². The highest BCUT2D eigenvalue weighted by Gasteiger charge is 2.32. The number of nitrogens with two attached hydrogens (primary N) is 1. The number of ether oxygens (including phenoxy) is 2. The average Bonchev–Trinajstić information content (AvgIpc) is 2.53. The minimum absolute atomic E-state index is 0.133. The van der Waals surface area contributed by atoms with Crippen LogP contribution in [0.5, 0.6) is 11.5 Å². The first-order valence-corrected chi connectivity index (χ1v) is 7.45. The Balaban J connectivity index is 2.28. The van der Waals surface area contributed by atoms with Crippen LogP contribution in [0.4, 0.5) is 0 Å². The Bertz CT molecular complexity index is 809. The summed E-state index contributed by atoms with van der Waals surface area (Å²) in [6.07, 6.45) is 0. The van der Waals surface area contributed by atoms with Crippen molar-refractivity contribution in [1.82, 2.24) is 0 Å². The van der Waals surface area contributed by atoms with Gasteiger partial charge in [-0.05, 0) is 24.3 Å². The SMILES string of the molecule is COc1ccc(Br)cc1[C@@H]1C(C#N)=C(N)Oc2ccccc21. The van der Waals surface area contributed by atoms with Gasteiger partial charge in [0, 0.05) is 15.6 Å². The Labute approximate surface area is 136 Å². The van der Waals surface area contributed by atoms with E-state index in [4.69, 9.17) is 15.2 Å². The van der Waals surface area contributed by atoms with Crippen molar-refractivity contribution in [1.29, 1.82) is 5.26 Å². The highest BCUT2D eigenvalue weighted by molar-refractivity contribution is 9.10. The summed E-state index contributed by atoms with van der Waals surface area (Å²) in [5, 5.41) is 9.53. The fraction of sp³-hybridized carbons (Fsp3) is 0.118. The topological polar surface area (TPSA) is 68.3 Å². The average molecular weight is 357 g/mol. The Morgan fingerprint density at radius 3 is 2.73 bits per heavy atom. The summed E-state index contributed by atoms with van der Waals surface area (Å²) in [4.78, 5) is 0. The van der Waals surface area contributed by atoms with E-state index >= 15 is 0 Å². The van der Waals surface area contributed by atoms with Crippen LogP contribution in [0.3, 0.4) is 0 Å². The maximum Gasteiger partial charge on any atom is 0.205 e. The van der Waals surface area contributed by atoms with Crippen LogP contribution in [-0.2, 0) is 0 Å². The maximum atomic E-state index is 9.53. The summed E-state index contributed by atoms with van der Waals surface area (Å²) in [7, 11) is 1.61. The molecule has 0 amide bonds. The Kier molecular flexibility index (Phi) is 3.78. The molecule has 110 valence electrons. The Hall–Kier alpha value is -2.45.